The van der Waals surface area contributed by atoms with E-state index in [4.69, 9.17) is 9.84 Å². The molecule has 1 saturated carbocycles. The molecular formula is C21H19NO3. The zero-order valence-electron chi connectivity index (χ0n) is 14.0. The Hall–Kier alpha value is -2.90. The van der Waals surface area contributed by atoms with Crippen LogP contribution in [-0.2, 0) is 10.3 Å². The van der Waals surface area contributed by atoms with Crippen molar-refractivity contribution in [1.82, 2.24) is 0 Å². The summed E-state index contributed by atoms with van der Waals surface area (Å²) in [5.41, 5.74) is 0.450. The fourth-order valence-corrected chi connectivity index (χ4v) is 3.28. The topological polar surface area (TPSA) is 70.3 Å². The van der Waals surface area contributed by atoms with Gasteiger partial charge in [0.2, 0.25) is 0 Å². The predicted molar refractivity (Wildman–Crippen MR) is 94.8 cm³/mol. The number of carboxylic acids is 1. The minimum Gasteiger partial charge on any atom is -0.478 e. The van der Waals surface area contributed by atoms with Gasteiger partial charge in [-0.05, 0) is 42.2 Å². The summed E-state index contributed by atoms with van der Waals surface area (Å²) in [6, 6.07) is 18.8. The lowest BCUT2D eigenvalue weighted by Gasteiger charge is -2.34. The molecule has 0 unspecified atom stereocenters. The van der Waals surface area contributed by atoms with Gasteiger partial charge in [-0.3, -0.25) is 0 Å². The van der Waals surface area contributed by atoms with Gasteiger partial charge in [-0.1, -0.05) is 48.5 Å². The van der Waals surface area contributed by atoms with E-state index in [2.05, 4.69) is 6.07 Å². The van der Waals surface area contributed by atoms with Crippen LogP contribution in [0.4, 0.5) is 0 Å². The molecule has 1 aliphatic rings. The summed E-state index contributed by atoms with van der Waals surface area (Å²) < 4.78 is 5.92. The van der Waals surface area contributed by atoms with E-state index >= 15 is 0 Å². The Kier molecular flexibility index (Phi) is 4.43. The van der Waals surface area contributed by atoms with Crippen LogP contribution >= 0.6 is 0 Å². The molecule has 2 aromatic rings. The van der Waals surface area contributed by atoms with Crippen molar-refractivity contribution in [2.24, 2.45) is 5.41 Å². The van der Waals surface area contributed by atoms with Gasteiger partial charge in [0.1, 0.15) is 5.60 Å². The summed E-state index contributed by atoms with van der Waals surface area (Å²) >= 11 is 0. The Morgan fingerprint density at radius 2 is 1.96 bits per heavy atom. The lowest BCUT2D eigenvalue weighted by atomic mass is 9.78. The Morgan fingerprint density at radius 1 is 1.24 bits per heavy atom. The van der Waals surface area contributed by atoms with Crippen LogP contribution < -0.4 is 0 Å². The quantitative estimate of drug-likeness (QED) is 0.858. The normalized spacial score (nSPS) is 17.6. The van der Waals surface area contributed by atoms with E-state index < -0.39 is 17.0 Å². The van der Waals surface area contributed by atoms with Crippen LogP contribution in [0.25, 0.3) is 6.08 Å². The number of benzene rings is 2. The minimum absolute atomic E-state index is 0.228. The van der Waals surface area contributed by atoms with Crippen LogP contribution in [0.3, 0.4) is 0 Å². The van der Waals surface area contributed by atoms with Crippen molar-refractivity contribution < 1.29 is 14.6 Å². The van der Waals surface area contributed by atoms with Crippen LogP contribution in [-0.4, -0.2) is 18.2 Å². The lowest BCUT2D eigenvalue weighted by Crippen LogP contribution is -2.36. The van der Waals surface area contributed by atoms with Gasteiger partial charge in [0.25, 0.3) is 0 Å². The first kappa shape index (κ1) is 16.9. The van der Waals surface area contributed by atoms with Gasteiger partial charge in [-0.15, -0.1) is 0 Å². The number of hydrogen-bond donors (Lipinski definition) is 1. The molecule has 4 heteroatoms. The fraction of sp³-hybridized carbons (Fsp3) is 0.238. The summed E-state index contributed by atoms with van der Waals surface area (Å²) in [5, 5.41) is 18.9. The number of methoxy groups -OCH3 is 1. The number of carboxylic acid groups (broad SMARTS) is 1. The average Bonchev–Trinajstić information content (AvgIpc) is 3.45. The van der Waals surface area contributed by atoms with E-state index in [-0.39, 0.29) is 5.56 Å². The van der Waals surface area contributed by atoms with E-state index in [9.17, 15) is 10.1 Å². The molecule has 0 radical (unpaired) electrons. The molecular weight excluding hydrogens is 314 g/mol. The smallest absolute Gasteiger partial charge is 0.335 e. The standard InChI is InChI=1S/C21H19NO3/c1-25-21(20(15-22)12-13-20,18-8-3-2-4-9-18)11-10-16-6-5-7-17(14-16)19(23)24/h2-11,14H,12-13H2,1H3,(H,23,24)/b11-10+/t21-/m1/s1. The van der Waals surface area contributed by atoms with Gasteiger partial charge in [0.05, 0.1) is 17.0 Å². The Morgan fingerprint density at radius 3 is 2.52 bits per heavy atom. The number of ether oxygens (including phenoxy) is 1. The van der Waals surface area contributed by atoms with Crippen LogP contribution in [0.15, 0.2) is 60.7 Å². The van der Waals surface area contributed by atoms with Crippen LogP contribution in [0, 0.1) is 16.7 Å². The number of hydrogen-bond acceptors (Lipinski definition) is 3. The van der Waals surface area contributed by atoms with E-state index in [0.717, 1.165) is 24.0 Å². The van der Waals surface area contributed by atoms with E-state index in [1.54, 1.807) is 25.3 Å². The molecule has 3 rings (SSSR count). The van der Waals surface area contributed by atoms with Crippen LogP contribution in [0.5, 0.6) is 0 Å². The Balaban J connectivity index is 2.06. The van der Waals surface area contributed by atoms with Crippen molar-refractivity contribution in [1.29, 1.82) is 5.26 Å². The van der Waals surface area contributed by atoms with Crippen molar-refractivity contribution in [2.45, 2.75) is 18.4 Å². The Bertz CT molecular complexity index is 847. The predicted octanol–water partition coefficient (Wildman–Crippen LogP) is 4.24. The molecule has 0 amide bonds. The second-order valence-corrected chi connectivity index (χ2v) is 6.26. The second kappa shape index (κ2) is 6.54. The Labute approximate surface area is 147 Å². The number of nitrogens with zero attached hydrogens (tertiary/aromatic N) is 1. The molecule has 1 fully saturated rings. The first-order valence-corrected chi connectivity index (χ1v) is 8.11. The zero-order valence-corrected chi connectivity index (χ0v) is 14.0. The van der Waals surface area contributed by atoms with Crippen molar-refractivity contribution in [2.75, 3.05) is 7.11 Å². The van der Waals surface area contributed by atoms with Crippen molar-refractivity contribution in [3.8, 4) is 6.07 Å². The molecule has 4 nitrogen and oxygen atoms in total. The molecule has 126 valence electrons. The molecule has 0 bridgehead atoms. The molecule has 1 N–H and O–H groups in total. The van der Waals surface area contributed by atoms with Gasteiger partial charge in [-0.2, -0.15) is 5.26 Å². The van der Waals surface area contributed by atoms with Crippen molar-refractivity contribution >= 4 is 12.0 Å². The third-order valence-electron chi connectivity index (χ3n) is 4.84. The fourth-order valence-electron chi connectivity index (χ4n) is 3.28. The summed E-state index contributed by atoms with van der Waals surface area (Å²) in [6.07, 6.45) is 5.26. The van der Waals surface area contributed by atoms with Gasteiger partial charge in [0, 0.05) is 7.11 Å². The summed E-state index contributed by atoms with van der Waals surface area (Å²) in [5.74, 6) is -0.966. The monoisotopic (exact) mass is 333 g/mol. The molecule has 0 heterocycles. The third kappa shape index (κ3) is 2.95. The van der Waals surface area contributed by atoms with Crippen molar-refractivity contribution in [3.63, 3.8) is 0 Å². The zero-order chi connectivity index (χ0) is 17.9. The molecule has 0 aromatic heterocycles. The summed E-state index contributed by atoms with van der Waals surface area (Å²) in [7, 11) is 1.61. The molecule has 2 aromatic carbocycles. The maximum atomic E-state index is 11.2. The van der Waals surface area contributed by atoms with E-state index in [1.165, 1.54) is 0 Å². The van der Waals surface area contributed by atoms with Gasteiger partial charge < -0.3 is 9.84 Å². The largest absolute Gasteiger partial charge is 0.478 e. The first-order chi connectivity index (χ1) is 12.1. The average molecular weight is 333 g/mol. The molecule has 0 saturated heterocycles. The van der Waals surface area contributed by atoms with Gasteiger partial charge in [0.15, 0.2) is 0 Å². The van der Waals surface area contributed by atoms with Gasteiger partial charge >= 0.3 is 5.97 Å². The van der Waals surface area contributed by atoms with Crippen LogP contribution in [0.1, 0.15) is 34.3 Å². The van der Waals surface area contributed by atoms with Gasteiger partial charge in [-0.25, -0.2) is 4.79 Å². The number of carbonyl (C=O) groups is 1. The second-order valence-electron chi connectivity index (χ2n) is 6.26. The van der Waals surface area contributed by atoms with Crippen LogP contribution in [0.2, 0.25) is 0 Å². The summed E-state index contributed by atoms with van der Waals surface area (Å²) in [6.45, 7) is 0. The maximum Gasteiger partial charge on any atom is 0.335 e. The van der Waals surface area contributed by atoms with Crippen molar-refractivity contribution in [3.05, 3.63) is 77.4 Å². The highest BCUT2D eigenvalue weighted by Gasteiger charge is 2.60. The highest BCUT2D eigenvalue weighted by molar-refractivity contribution is 5.88. The highest BCUT2D eigenvalue weighted by Crippen LogP contribution is 2.60. The third-order valence-corrected chi connectivity index (χ3v) is 4.84. The highest BCUT2D eigenvalue weighted by atomic mass is 16.5. The maximum absolute atomic E-state index is 11.2. The molecule has 25 heavy (non-hydrogen) atoms. The molecule has 0 aliphatic heterocycles. The molecule has 1 atom stereocenters. The summed E-state index contributed by atoms with van der Waals surface area (Å²) in [4.78, 5) is 11.2. The SMILES string of the molecule is CO[C@](/C=C/c1cccc(C(=O)O)c1)(c1ccccc1)C1(C#N)CC1. The van der Waals surface area contributed by atoms with E-state index in [1.807, 2.05) is 48.6 Å². The van der Waals surface area contributed by atoms with E-state index in [0.29, 0.717) is 0 Å². The lowest BCUT2D eigenvalue weighted by molar-refractivity contribution is -0.0141. The first-order valence-electron chi connectivity index (χ1n) is 8.11. The molecule has 0 spiro atoms. The number of nitriles is 1. The molecule has 1 aliphatic carbocycles. The minimum atomic E-state index is -0.966. The number of rotatable bonds is 6. The number of aromatic carboxylic acids is 1.